The van der Waals surface area contributed by atoms with Crippen LogP contribution in [0.3, 0.4) is 0 Å². The van der Waals surface area contributed by atoms with E-state index in [1.165, 1.54) is 4.90 Å². The number of aryl methyl sites for hydroxylation is 1. The first-order valence-corrected chi connectivity index (χ1v) is 6.76. The minimum Gasteiger partial charge on any atom is -0.278 e. The molecule has 6 heteroatoms. The van der Waals surface area contributed by atoms with E-state index in [0.29, 0.717) is 17.4 Å². The molecule has 2 heterocycles. The number of carbonyl (C=O) groups is 2. The van der Waals surface area contributed by atoms with Crippen LogP contribution in [0, 0.1) is 0 Å². The van der Waals surface area contributed by atoms with E-state index in [-0.39, 0.29) is 12.3 Å². The number of aromatic nitrogens is 1. The zero-order valence-electron chi connectivity index (χ0n) is 11.4. The normalized spacial score (nSPS) is 14.6. The molecule has 2 rings (SSSR count). The molecule has 1 aromatic rings. The number of rotatable bonds is 2. The summed E-state index contributed by atoms with van der Waals surface area (Å²) < 4.78 is 0. The van der Waals surface area contributed by atoms with Crippen LogP contribution < -0.4 is 10.2 Å². The van der Waals surface area contributed by atoms with Crippen LogP contribution in [-0.2, 0) is 11.2 Å². The van der Waals surface area contributed by atoms with Crippen LogP contribution in [0.5, 0.6) is 0 Å². The molecule has 1 N–H and O–H groups in total. The van der Waals surface area contributed by atoms with E-state index in [0.717, 1.165) is 12.1 Å². The van der Waals surface area contributed by atoms with Crippen LogP contribution >= 0.6 is 11.6 Å². The quantitative estimate of drug-likeness (QED) is 0.908. The molecule has 0 unspecified atom stereocenters. The van der Waals surface area contributed by atoms with Crippen molar-refractivity contribution in [2.45, 2.75) is 33.6 Å². The first-order valence-electron chi connectivity index (χ1n) is 6.38. The predicted octanol–water partition coefficient (Wildman–Crippen LogP) is 2.77. The number of carbonyl (C=O) groups excluding carboxylic acids is 2. The van der Waals surface area contributed by atoms with Gasteiger partial charge in [0.1, 0.15) is 0 Å². The van der Waals surface area contributed by atoms with Crippen molar-refractivity contribution in [3.63, 3.8) is 0 Å². The van der Waals surface area contributed by atoms with Crippen LogP contribution in [0.15, 0.2) is 12.1 Å². The molecule has 1 saturated heterocycles. The molecule has 0 bridgehead atoms. The minimum atomic E-state index is -0.469. The van der Waals surface area contributed by atoms with Gasteiger partial charge in [0.05, 0.1) is 5.02 Å². The highest BCUT2D eigenvalue weighted by atomic mass is 35.5. The van der Waals surface area contributed by atoms with Gasteiger partial charge in [0, 0.05) is 18.7 Å². The second kappa shape index (κ2) is 7.09. The summed E-state index contributed by atoms with van der Waals surface area (Å²) in [5, 5.41) is 2.65. The summed E-state index contributed by atoms with van der Waals surface area (Å²) >= 11 is 6.02. The van der Waals surface area contributed by atoms with Crippen molar-refractivity contribution < 1.29 is 9.59 Å². The molecule has 5 nitrogen and oxygen atoms in total. The number of nitrogens with zero attached hydrogens (tertiary/aromatic N) is 2. The van der Waals surface area contributed by atoms with E-state index in [1.54, 1.807) is 6.07 Å². The number of anilines is 1. The second-order valence-electron chi connectivity index (χ2n) is 3.72. The summed E-state index contributed by atoms with van der Waals surface area (Å²) in [6.45, 7) is 6.28. The van der Waals surface area contributed by atoms with Gasteiger partial charge in [-0.1, -0.05) is 32.4 Å². The van der Waals surface area contributed by atoms with Crippen molar-refractivity contribution in [1.29, 1.82) is 0 Å². The van der Waals surface area contributed by atoms with Crippen molar-refractivity contribution in [3.8, 4) is 0 Å². The molecule has 0 atom stereocenters. The maximum absolute atomic E-state index is 11.7. The van der Waals surface area contributed by atoms with Crippen molar-refractivity contribution in [3.05, 3.63) is 22.8 Å². The summed E-state index contributed by atoms with van der Waals surface area (Å²) in [5.41, 5.74) is 0.856. The zero-order valence-corrected chi connectivity index (χ0v) is 12.1. The first-order chi connectivity index (χ1) is 9.11. The molecule has 1 aromatic heterocycles. The minimum absolute atomic E-state index is 0.264. The lowest BCUT2D eigenvalue weighted by Gasteiger charge is -2.26. The van der Waals surface area contributed by atoms with E-state index >= 15 is 0 Å². The van der Waals surface area contributed by atoms with Crippen LogP contribution in [0.2, 0.25) is 5.02 Å². The second-order valence-corrected chi connectivity index (χ2v) is 4.12. The standard InChI is InChI=1S/C11H12ClN3O2.C2H6/c1-2-7-3-4-8(12)10(13-7)15-6-5-9(16)14-11(15)17;1-2/h3-4H,2,5-6H2,1H3,(H,14,16,17);1-2H3. The van der Waals surface area contributed by atoms with Crippen molar-refractivity contribution in [2.24, 2.45) is 0 Å². The molecule has 0 aliphatic carbocycles. The number of nitrogens with one attached hydrogen (secondary N) is 1. The number of imide groups is 1. The highest BCUT2D eigenvalue weighted by molar-refractivity contribution is 6.33. The average molecular weight is 284 g/mol. The maximum atomic E-state index is 11.7. The van der Waals surface area contributed by atoms with Gasteiger partial charge < -0.3 is 0 Å². The zero-order chi connectivity index (χ0) is 14.4. The Labute approximate surface area is 118 Å². The van der Waals surface area contributed by atoms with Crippen LogP contribution in [-0.4, -0.2) is 23.5 Å². The van der Waals surface area contributed by atoms with E-state index in [1.807, 2.05) is 26.8 Å². The average Bonchev–Trinajstić information content (AvgIpc) is 2.42. The molecule has 0 saturated carbocycles. The summed E-state index contributed by atoms with van der Waals surface area (Å²) in [6.07, 6.45) is 1.03. The third-order valence-electron chi connectivity index (χ3n) is 2.56. The molecule has 1 aliphatic heterocycles. The van der Waals surface area contributed by atoms with Crippen molar-refractivity contribution in [2.75, 3.05) is 11.4 Å². The van der Waals surface area contributed by atoms with E-state index in [4.69, 9.17) is 11.6 Å². The molecule has 3 amide bonds. The Morgan fingerprint density at radius 3 is 2.63 bits per heavy atom. The Bertz CT molecular complexity index is 477. The Morgan fingerprint density at radius 2 is 2.05 bits per heavy atom. The molecule has 0 aromatic carbocycles. The fourth-order valence-electron chi connectivity index (χ4n) is 1.62. The van der Waals surface area contributed by atoms with Gasteiger partial charge in [0.2, 0.25) is 5.91 Å². The fraction of sp³-hybridized carbons (Fsp3) is 0.462. The van der Waals surface area contributed by atoms with Crippen molar-refractivity contribution in [1.82, 2.24) is 10.3 Å². The molecular weight excluding hydrogens is 266 g/mol. The lowest BCUT2D eigenvalue weighted by Crippen LogP contribution is -2.50. The van der Waals surface area contributed by atoms with Crippen LogP contribution in [0.4, 0.5) is 10.6 Å². The summed E-state index contributed by atoms with van der Waals surface area (Å²) in [7, 11) is 0. The Kier molecular flexibility index (Phi) is 5.76. The molecular formula is C13H18ClN3O2. The first kappa shape index (κ1) is 15.4. The van der Waals surface area contributed by atoms with E-state index in [2.05, 4.69) is 10.3 Å². The van der Waals surface area contributed by atoms with Gasteiger partial charge in [0.15, 0.2) is 5.82 Å². The van der Waals surface area contributed by atoms with Crippen LogP contribution in [0.1, 0.15) is 32.9 Å². The Hall–Kier alpha value is -1.62. The lowest BCUT2D eigenvalue weighted by molar-refractivity contribution is -0.120. The topological polar surface area (TPSA) is 62.3 Å². The van der Waals surface area contributed by atoms with Gasteiger partial charge in [-0.2, -0.15) is 0 Å². The highest BCUT2D eigenvalue weighted by Crippen LogP contribution is 2.25. The van der Waals surface area contributed by atoms with Gasteiger partial charge >= 0.3 is 6.03 Å². The SMILES string of the molecule is CC.CCc1ccc(Cl)c(N2CCC(=O)NC2=O)n1. The highest BCUT2D eigenvalue weighted by Gasteiger charge is 2.26. The number of hydrogen-bond acceptors (Lipinski definition) is 3. The van der Waals surface area contributed by atoms with Gasteiger partial charge in [0.25, 0.3) is 0 Å². The molecule has 0 spiro atoms. The van der Waals surface area contributed by atoms with Gasteiger partial charge in [-0.15, -0.1) is 0 Å². The summed E-state index contributed by atoms with van der Waals surface area (Å²) in [5.74, 6) is 0.144. The number of hydrogen-bond donors (Lipinski definition) is 1. The van der Waals surface area contributed by atoms with Gasteiger partial charge in [-0.3, -0.25) is 15.0 Å². The number of urea groups is 1. The molecule has 19 heavy (non-hydrogen) atoms. The van der Waals surface area contributed by atoms with Crippen molar-refractivity contribution >= 4 is 29.4 Å². The van der Waals surface area contributed by atoms with E-state index in [9.17, 15) is 9.59 Å². The maximum Gasteiger partial charge on any atom is 0.329 e. The number of pyridine rings is 1. The largest absolute Gasteiger partial charge is 0.329 e. The fourth-order valence-corrected chi connectivity index (χ4v) is 1.83. The molecule has 1 aliphatic rings. The lowest BCUT2D eigenvalue weighted by atomic mass is 10.2. The van der Waals surface area contributed by atoms with Gasteiger partial charge in [-0.25, -0.2) is 9.78 Å². The Balaban J connectivity index is 0.000000861. The summed E-state index contributed by atoms with van der Waals surface area (Å²) in [6, 6.07) is 3.06. The Morgan fingerprint density at radius 1 is 1.37 bits per heavy atom. The number of amides is 3. The third kappa shape index (κ3) is 3.67. The van der Waals surface area contributed by atoms with Crippen LogP contribution in [0.25, 0.3) is 0 Å². The van der Waals surface area contributed by atoms with Gasteiger partial charge in [-0.05, 0) is 18.6 Å². The molecule has 1 fully saturated rings. The smallest absolute Gasteiger partial charge is 0.278 e. The summed E-state index contributed by atoms with van der Waals surface area (Å²) in [4.78, 5) is 28.4. The number of halogens is 1. The van der Waals surface area contributed by atoms with E-state index < -0.39 is 6.03 Å². The third-order valence-corrected chi connectivity index (χ3v) is 2.85. The monoisotopic (exact) mass is 283 g/mol. The molecule has 104 valence electrons. The predicted molar refractivity (Wildman–Crippen MR) is 75.5 cm³/mol. The molecule has 0 radical (unpaired) electrons.